The van der Waals surface area contributed by atoms with Gasteiger partial charge in [0.15, 0.2) is 0 Å². The van der Waals surface area contributed by atoms with Gasteiger partial charge < -0.3 is 5.32 Å². The van der Waals surface area contributed by atoms with Gasteiger partial charge >= 0.3 is 12.4 Å². The second-order valence-electron chi connectivity index (χ2n) is 9.50. The molecule has 0 saturated heterocycles. The van der Waals surface area contributed by atoms with Crippen molar-refractivity contribution in [3.63, 3.8) is 0 Å². The van der Waals surface area contributed by atoms with E-state index in [1.807, 2.05) is 6.92 Å². The number of nitrogens with one attached hydrogen (secondary N) is 1. The number of aryl methyl sites for hydroxylation is 2. The van der Waals surface area contributed by atoms with E-state index >= 15 is 0 Å². The third-order valence-corrected chi connectivity index (χ3v) is 6.63. The summed E-state index contributed by atoms with van der Waals surface area (Å²) in [6.07, 6.45) is -9.52. The smallest absolute Gasteiger partial charge is 0.338 e. The number of hydrogen-bond acceptors (Lipinski definition) is 1. The van der Waals surface area contributed by atoms with E-state index in [2.05, 4.69) is 5.32 Å². The Labute approximate surface area is 222 Å². The van der Waals surface area contributed by atoms with Crippen LogP contribution in [0.1, 0.15) is 49.3 Å². The first kappa shape index (κ1) is 28.0. The third-order valence-electron chi connectivity index (χ3n) is 6.63. The van der Waals surface area contributed by atoms with Gasteiger partial charge in [0, 0.05) is 12.0 Å². The monoisotopic (exact) mass is 541 g/mol. The second kappa shape index (κ2) is 10.6. The Morgan fingerprint density at radius 3 is 1.64 bits per heavy atom. The Morgan fingerprint density at radius 2 is 1.15 bits per heavy atom. The van der Waals surface area contributed by atoms with Crippen LogP contribution in [0.3, 0.4) is 0 Å². The molecule has 39 heavy (non-hydrogen) atoms. The Hall–Kier alpha value is -4.07. The topological polar surface area (TPSA) is 29.1 Å². The maximum absolute atomic E-state index is 13.8. The van der Waals surface area contributed by atoms with Gasteiger partial charge in [-0.15, -0.1) is 0 Å². The van der Waals surface area contributed by atoms with Crippen LogP contribution in [0.4, 0.5) is 26.3 Å². The summed E-state index contributed by atoms with van der Waals surface area (Å²) in [4.78, 5) is 13.7. The molecule has 0 fully saturated rings. The van der Waals surface area contributed by atoms with Crippen molar-refractivity contribution in [2.45, 2.75) is 38.2 Å². The quantitative estimate of drug-likeness (QED) is 0.245. The highest BCUT2D eigenvalue weighted by Crippen LogP contribution is 2.40. The van der Waals surface area contributed by atoms with Crippen LogP contribution < -0.4 is 5.32 Å². The Kier molecular flexibility index (Phi) is 7.59. The number of halogens is 6. The van der Waals surface area contributed by atoms with Crippen molar-refractivity contribution in [3.8, 4) is 0 Å². The number of benzene rings is 4. The molecule has 0 atom stereocenters. The molecule has 0 unspecified atom stereocenters. The van der Waals surface area contributed by atoms with Crippen molar-refractivity contribution >= 4 is 5.91 Å². The minimum atomic E-state index is -4.71. The highest BCUT2D eigenvalue weighted by molar-refractivity contribution is 5.96. The zero-order valence-electron chi connectivity index (χ0n) is 21.1. The predicted octanol–water partition coefficient (Wildman–Crippen LogP) is 8.26. The van der Waals surface area contributed by atoms with Gasteiger partial charge in [-0.1, -0.05) is 72.3 Å². The second-order valence-corrected chi connectivity index (χ2v) is 9.50. The van der Waals surface area contributed by atoms with Crippen molar-refractivity contribution in [3.05, 3.63) is 142 Å². The lowest BCUT2D eigenvalue weighted by atomic mass is 9.76. The Bertz CT molecular complexity index is 1420. The number of amides is 1. The van der Waals surface area contributed by atoms with Crippen LogP contribution in [0.5, 0.6) is 0 Å². The average Bonchev–Trinajstić information content (AvgIpc) is 2.88. The number of carbonyl (C=O) groups excluding carboxylic acids is 1. The first-order valence-electron chi connectivity index (χ1n) is 12.1. The summed E-state index contributed by atoms with van der Waals surface area (Å²) in [7, 11) is 0. The minimum Gasteiger partial charge on any atom is -0.338 e. The van der Waals surface area contributed by atoms with Crippen LogP contribution in [-0.4, -0.2) is 5.91 Å². The molecule has 1 N–H and O–H groups in total. The maximum Gasteiger partial charge on any atom is 0.416 e. The summed E-state index contributed by atoms with van der Waals surface area (Å²) < 4.78 is 82.7. The van der Waals surface area contributed by atoms with Gasteiger partial charge in [0.2, 0.25) is 0 Å². The molecule has 0 aliphatic rings. The van der Waals surface area contributed by atoms with Gasteiger partial charge in [-0.2, -0.15) is 26.3 Å². The molecule has 0 spiro atoms. The fourth-order valence-corrected chi connectivity index (χ4v) is 4.71. The lowest BCUT2D eigenvalue weighted by Crippen LogP contribution is -2.49. The summed E-state index contributed by atoms with van der Waals surface area (Å²) in [5.74, 6) is -0.627. The molecule has 202 valence electrons. The molecule has 0 aromatic heterocycles. The molecule has 4 aromatic carbocycles. The van der Waals surface area contributed by atoms with Crippen molar-refractivity contribution in [2.75, 3.05) is 0 Å². The van der Waals surface area contributed by atoms with Crippen LogP contribution >= 0.6 is 0 Å². The average molecular weight is 542 g/mol. The molecule has 0 saturated carbocycles. The molecule has 0 aliphatic heterocycles. The van der Waals surface area contributed by atoms with E-state index in [9.17, 15) is 31.1 Å². The minimum absolute atomic E-state index is 0.00128. The number of rotatable bonds is 6. The van der Waals surface area contributed by atoms with Crippen molar-refractivity contribution in [1.82, 2.24) is 5.32 Å². The van der Waals surface area contributed by atoms with Crippen molar-refractivity contribution in [1.29, 1.82) is 0 Å². The SMILES string of the molecule is Cc1ccc(C(=O)NC(Cc2ccccc2)(c2cccc(C(F)(F)F)c2)c2cccc(C(F)(F)F)c2)c(C)c1. The molecule has 4 rings (SSSR count). The van der Waals surface area contributed by atoms with Crippen LogP contribution in [0.25, 0.3) is 0 Å². The van der Waals surface area contributed by atoms with Gasteiger partial charge in [0.05, 0.1) is 16.7 Å². The molecule has 4 aromatic rings. The fourth-order valence-electron chi connectivity index (χ4n) is 4.71. The van der Waals surface area contributed by atoms with E-state index < -0.39 is 34.9 Å². The van der Waals surface area contributed by atoms with E-state index in [0.717, 1.165) is 29.8 Å². The summed E-state index contributed by atoms with van der Waals surface area (Å²) in [6, 6.07) is 22.4. The van der Waals surface area contributed by atoms with Crippen LogP contribution in [0.15, 0.2) is 97.1 Å². The van der Waals surface area contributed by atoms with E-state index in [1.54, 1.807) is 55.5 Å². The standard InChI is InChI=1S/C31H25F6NO/c1-20-14-15-27(21(2)16-20)28(39)38-29(19-22-8-4-3-5-9-22,23-10-6-12-25(17-23)30(32,33)34)24-11-7-13-26(18-24)31(35,36)37/h3-18H,19H2,1-2H3,(H,38,39). The summed E-state index contributed by atoms with van der Waals surface area (Å²) >= 11 is 0. The van der Waals surface area contributed by atoms with E-state index in [-0.39, 0.29) is 23.1 Å². The van der Waals surface area contributed by atoms with Gasteiger partial charge in [-0.3, -0.25) is 4.79 Å². The van der Waals surface area contributed by atoms with Crippen molar-refractivity contribution in [2.24, 2.45) is 0 Å². The molecular formula is C31H25F6NO. The molecule has 1 amide bonds. The number of hydrogen-bond donors (Lipinski definition) is 1. The lowest BCUT2D eigenvalue weighted by molar-refractivity contribution is -0.138. The number of alkyl halides is 6. The molecule has 0 heterocycles. The lowest BCUT2D eigenvalue weighted by Gasteiger charge is -2.37. The highest BCUT2D eigenvalue weighted by Gasteiger charge is 2.41. The van der Waals surface area contributed by atoms with E-state index in [4.69, 9.17) is 0 Å². The molecule has 8 heteroatoms. The molecule has 0 aliphatic carbocycles. The Balaban J connectivity index is 2.01. The first-order chi connectivity index (χ1) is 18.3. The van der Waals surface area contributed by atoms with Gasteiger partial charge in [0.25, 0.3) is 5.91 Å². The fraction of sp³-hybridized carbons (Fsp3) is 0.194. The van der Waals surface area contributed by atoms with Crippen LogP contribution in [0.2, 0.25) is 0 Å². The van der Waals surface area contributed by atoms with Gasteiger partial charge in [-0.25, -0.2) is 0 Å². The zero-order valence-corrected chi connectivity index (χ0v) is 21.1. The summed E-state index contributed by atoms with van der Waals surface area (Å²) in [5.41, 5.74) is -1.36. The largest absolute Gasteiger partial charge is 0.416 e. The number of carbonyl (C=O) groups is 1. The normalized spacial score (nSPS) is 12.3. The third kappa shape index (κ3) is 6.16. The molecule has 0 bridgehead atoms. The van der Waals surface area contributed by atoms with Crippen LogP contribution in [0, 0.1) is 13.8 Å². The maximum atomic E-state index is 13.8. The Morgan fingerprint density at radius 1 is 0.641 bits per heavy atom. The summed E-state index contributed by atoms with van der Waals surface area (Å²) in [5, 5.41) is 2.87. The van der Waals surface area contributed by atoms with Gasteiger partial charge in [-0.05, 0) is 66.4 Å². The molecule has 0 radical (unpaired) electrons. The zero-order chi connectivity index (χ0) is 28.4. The van der Waals surface area contributed by atoms with E-state index in [0.29, 0.717) is 11.1 Å². The van der Waals surface area contributed by atoms with Gasteiger partial charge in [0.1, 0.15) is 0 Å². The highest BCUT2D eigenvalue weighted by atomic mass is 19.4. The molecule has 2 nitrogen and oxygen atoms in total. The first-order valence-corrected chi connectivity index (χ1v) is 12.1. The van der Waals surface area contributed by atoms with Crippen LogP contribution in [-0.2, 0) is 24.3 Å². The summed E-state index contributed by atoms with van der Waals surface area (Å²) in [6.45, 7) is 3.56. The predicted molar refractivity (Wildman–Crippen MR) is 137 cm³/mol. The van der Waals surface area contributed by atoms with Crippen molar-refractivity contribution < 1.29 is 31.1 Å². The molecular weight excluding hydrogens is 516 g/mol. The van der Waals surface area contributed by atoms with E-state index in [1.165, 1.54) is 24.3 Å².